The summed E-state index contributed by atoms with van der Waals surface area (Å²) in [4.78, 5) is 27.9. The highest BCUT2D eigenvalue weighted by Crippen LogP contribution is 2.37. The molecule has 5 heteroatoms. The molecule has 0 bridgehead atoms. The van der Waals surface area contributed by atoms with E-state index < -0.39 is 0 Å². The lowest BCUT2D eigenvalue weighted by atomic mass is 9.95. The molecule has 0 atom stereocenters. The van der Waals surface area contributed by atoms with E-state index in [0.717, 1.165) is 48.3 Å². The minimum absolute atomic E-state index is 0.0896. The first-order valence-electron chi connectivity index (χ1n) is 11.3. The maximum absolute atomic E-state index is 13.0. The van der Waals surface area contributed by atoms with E-state index in [0.29, 0.717) is 29.7 Å². The molecule has 1 aliphatic carbocycles. The highest BCUT2D eigenvalue weighted by Gasteiger charge is 2.27. The van der Waals surface area contributed by atoms with Crippen LogP contribution in [0.1, 0.15) is 45.5 Å². The molecule has 162 valence electrons. The third-order valence-corrected chi connectivity index (χ3v) is 6.56. The van der Waals surface area contributed by atoms with Crippen LogP contribution in [-0.4, -0.2) is 30.8 Å². The van der Waals surface area contributed by atoms with Gasteiger partial charge in [0, 0.05) is 42.4 Å². The second-order valence-electron chi connectivity index (χ2n) is 8.63. The zero-order valence-electron chi connectivity index (χ0n) is 18.0. The minimum atomic E-state index is -0.202. The number of nitrogens with zero attached hydrogens (tertiary/aromatic N) is 1. The number of ketones is 1. The summed E-state index contributed by atoms with van der Waals surface area (Å²) in [5, 5.41) is 2.98. The Balaban J connectivity index is 1.37. The van der Waals surface area contributed by atoms with Crippen LogP contribution in [0.4, 0.5) is 11.4 Å². The van der Waals surface area contributed by atoms with E-state index >= 15 is 0 Å². The molecule has 5 nitrogen and oxygen atoms in total. The fraction of sp³-hybridized carbons (Fsp3) is 0.259. The topological polar surface area (TPSA) is 75.4 Å². The van der Waals surface area contributed by atoms with Crippen LogP contribution >= 0.6 is 0 Å². The Kier molecular flexibility index (Phi) is 5.50. The predicted molar refractivity (Wildman–Crippen MR) is 128 cm³/mol. The molecule has 3 aromatic carbocycles. The number of Topliss-reactive ketones (excluding diaryl/α,β-unsaturated/α-hetero) is 1. The SMILES string of the molecule is NC1CCN(c2ccc(C(=O)Nc3ccc(-c4ccccc4)c4c3C(=O)CC4)cc2)CC1. The molecule has 1 heterocycles. The Morgan fingerprint density at radius 2 is 1.62 bits per heavy atom. The van der Waals surface area contributed by atoms with Crippen LogP contribution in [0.15, 0.2) is 66.7 Å². The fourth-order valence-corrected chi connectivity index (χ4v) is 4.76. The van der Waals surface area contributed by atoms with Gasteiger partial charge in [0.15, 0.2) is 5.78 Å². The zero-order chi connectivity index (χ0) is 22.1. The maximum atomic E-state index is 13.0. The van der Waals surface area contributed by atoms with Crippen molar-refractivity contribution in [2.45, 2.75) is 31.7 Å². The van der Waals surface area contributed by atoms with Gasteiger partial charge in [0.25, 0.3) is 5.91 Å². The summed E-state index contributed by atoms with van der Waals surface area (Å²) in [5.74, 6) is -0.113. The van der Waals surface area contributed by atoms with Crippen molar-refractivity contribution in [1.82, 2.24) is 0 Å². The van der Waals surface area contributed by atoms with Crippen molar-refractivity contribution >= 4 is 23.1 Å². The second-order valence-corrected chi connectivity index (χ2v) is 8.63. The standard InChI is InChI=1S/C27H27N3O2/c28-20-14-16-30(17-15-20)21-8-6-19(7-9-21)27(32)29-24-12-10-22(18-4-2-1-3-5-18)23-11-13-25(31)26(23)24/h1-10,12,20H,11,13-17,28H2,(H,29,32). The summed E-state index contributed by atoms with van der Waals surface area (Å²) in [5.41, 5.74) is 12.1. The molecular weight excluding hydrogens is 398 g/mol. The smallest absolute Gasteiger partial charge is 0.255 e. The van der Waals surface area contributed by atoms with Crippen LogP contribution in [0.5, 0.6) is 0 Å². The van der Waals surface area contributed by atoms with Crippen molar-refractivity contribution in [2.75, 3.05) is 23.3 Å². The molecule has 3 aromatic rings. The van der Waals surface area contributed by atoms with Crippen molar-refractivity contribution in [3.8, 4) is 11.1 Å². The van der Waals surface area contributed by atoms with Crippen molar-refractivity contribution in [3.05, 3.63) is 83.4 Å². The first kappa shape index (κ1) is 20.5. The Morgan fingerprint density at radius 3 is 2.34 bits per heavy atom. The normalized spacial score (nSPS) is 16.2. The van der Waals surface area contributed by atoms with Crippen LogP contribution in [-0.2, 0) is 6.42 Å². The van der Waals surface area contributed by atoms with Crippen molar-refractivity contribution in [2.24, 2.45) is 5.73 Å². The number of carbonyl (C=O) groups excluding carboxylic acids is 2. The number of hydrogen-bond acceptors (Lipinski definition) is 4. The van der Waals surface area contributed by atoms with E-state index in [1.807, 2.05) is 66.7 Å². The summed E-state index contributed by atoms with van der Waals surface area (Å²) in [7, 11) is 0. The zero-order valence-corrected chi connectivity index (χ0v) is 18.0. The van der Waals surface area contributed by atoms with E-state index in [1.54, 1.807) is 0 Å². The maximum Gasteiger partial charge on any atom is 0.255 e. The van der Waals surface area contributed by atoms with Gasteiger partial charge >= 0.3 is 0 Å². The highest BCUT2D eigenvalue weighted by atomic mass is 16.1. The molecule has 0 aromatic heterocycles. The van der Waals surface area contributed by atoms with Crippen LogP contribution in [0.2, 0.25) is 0 Å². The number of piperidine rings is 1. The molecule has 0 unspecified atom stereocenters. The molecule has 1 amide bonds. The lowest BCUT2D eigenvalue weighted by Crippen LogP contribution is -2.39. The largest absolute Gasteiger partial charge is 0.371 e. The number of nitrogens with two attached hydrogens (primary N) is 1. The molecule has 3 N–H and O–H groups in total. The average molecular weight is 426 g/mol. The Bertz CT molecular complexity index is 1150. The summed E-state index contributed by atoms with van der Waals surface area (Å²) in [6.07, 6.45) is 3.16. The first-order valence-corrected chi connectivity index (χ1v) is 11.3. The number of rotatable bonds is 4. The summed E-state index contributed by atoms with van der Waals surface area (Å²) in [6, 6.07) is 21.9. The average Bonchev–Trinajstić information content (AvgIpc) is 3.22. The number of carbonyl (C=O) groups is 2. The number of fused-ring (bicyclic) bond motifs is 1. The van der Waals surface area contributed by atoms with E-state index in [4.69, 9.17) is 5.73 Å². The number of anilines is 2. The van der Waals surface area contributed by atoms with Gasteiger partial charge in [0.2, 0.25) is 0 Å². The molecule has 0 radical (unpaired) electrons. The van der Waals surface area contributed by atoms with Crippen molar-refractivity contribution in [1.29, 1.82) is 0 Å². The Labute approximate surface area is 188 Å². The predicted octanol–water partition coefficient (Wildman–Crippen LogP) is 4.66. The lowest BCUT2D eigenvalue weighted by molar-refractivity contribution is 0.0995. The van der Waals surface area contributed by atoms with Crippen LogP contribution < -0.4 is 16.0 Å². The van der Waals surface area contributed by atoms with E-state index in [1.165, 1.54) is 0 Å². The second kappa shape index (κ2) is 8.60. The molecule has 1 aliphatic heterocycles. The fourth-order valence-electron chi connectivity index (χ4n) is 4.76. The molecule has 32 heavy (non-hydrogen) atoms. The Morgan fingerprint density at radius 1 is 0.906 bits per heavy atom. The monoisotopic (exact) mass is 425 g/mol. The molecule has 1 saturated heterocycles. The van der Waals surface area contributed by atoms with Crippen LogP contribution in [0.25, 0.3) is 11.1 Å². The van der Waals surface area contributed by atoms with E-state index in [9.17, 15) is 9.59 Å². The van der Waals surface area contributed by atoms with Gasteiger partial charge in [-0.25, -0.2) is 0 Å². The number of hydrogen-bond donors (Lipinski definition) is 2. The number of amides is 1. The molecule has 1 fully saturated rings. The van der Waals surface area contributed by atoms with Crippen LogP contribution in [0.3, 0.4) is 0 Å². The van der Waals surface area contributed by atoms with Gasteiger partial charge in [-0.15, -0.1) is 0 Å². The molecule has 5 rings (SSSR count). The van der Waals surface area contributed by atoms with Crippen molar-refractivity contribution in [3.63, 3.8) is 0 Å². The summed E-state index contributed by atoms with van der Waals surface area (Å²) in [6.45, 7) is 1.88. The van der Waals surface area contributed by atoms with Gasteiger partial charge in [-0.05, 0) is 66.3 Å². The van der Waals surface area contributed by atoms with E-state index in [2.05, 4.69) is 10.2 Å². The van der Waals surface area contributed by atoms with Crippen LogP contribution in [0, 0.1) is 0 Å². The number of nitrogens with one attached hydrogen (secondary N) is 1. The molecule has 2 aliphatic rings. The molecular formula is C27H27N3O2. The van der Waals surface area contributed by atoms with Gasteiger partial charge in [-0.3, -0.25) is 9.59 Å². The summed E-state index contributed by atoms with van der Waals surface area (Å²) >= 11 is 0. The lowest BCUT2D eigenvalue weighted by Gasteiger charge is -2.32. The Hall–Kier alpha value is -3.44. The number of benzene rings is 3. The minimum Gasteiger partial charge on any atom is -0.371 e. The van der Waals surface area contributed by atoms with E-state index in [-0.39, 0.29) is 17.7 Å². The third-order valence-electron chi connectivity index (χ3n) is 6.56. The first-order chi connectivity index (χ1) is 15.6. The quantitative estimate of drug-likeness (QED) is 0.637. The van der Waals surface area contributed by atoms with Gasteiger partial charge in [0.1, 0.15) is 0 Å². The van der Waals surface area contributed by atoms with Crippen molar-refractivity contribution < 1.29 is 9.59 Å². The third kappa shape index (κ3) is 3.92. The molecule has 0 spiro atoms. The highest BCUT2D eigenvalue weighted by molar-refractivity contribution is 6.12. The van der Waals surface area contributed by atoms with Gasteiger partial charge in [-0.1, -0.05) is 36.4 Å². The molecule has 0 saturated carbocycles. The van der Waals surface area contributed by atoms with Gasteiger partial charge < -0.3 is 16.0 Å². The van der Waals surface area contributed by atoms with Gasteiger partial charge in [0.05, 0.1) is 5.69 Å². The van der Waals surface area contributed by atoms with Gasteiger partial charge in [-0.2, -0.15) is 0 Å². The summed E-state index contributed by atoms with van der Waals surface area (Å²) < 4.78 is 0.